The van der Waals surface area contributed by atoms with Crippen LogP contribution in [0.4, 0.5) is 10.5 Å². The Bertz CT molecular complexity index is 681. The highest BCUT2D eigenvalue weighted by molar-refractivity contribution is 5.90. The van der Waals surface area contributed by atoms with E-state index in [2.05, 4.69) is 11.4 Å². The number of hydrogen-bond donors (Lipinski definition) is 1. The molecule has 0 heterocycles. The average molecular weight is 328 g/mol. The largest absolute Gasteiger partial charge is 0.495 e. The fourth-order valence-corrected chi connectivity index (χ4v) is 2.38. The number of benzene rings is 2. The summed E-state index contributed by atoms with van der Waals surface area (Å²) >= 11 is 0. The summed E-state index contributed by atoms with van der Waals surface area (Å²) < 4.78 is 11.0. The van der Waals surface area contributed by atoms with Gasteiger partial charge in [0.25, 0.3) is 0 Å². The third-order valence-corrected chi connectivity index (χ3v) is 3.59. The second-order valence-corrected chi connectivity index (χ2v) is 5.72. The van der Waals surface area contributed by atoms with Crippen LogP contribution in [0.15, 0.2) is 42.5 Å². The third-order valence-electron chi connectivity index (χ3n) is 3.59. The summed E-state index contributed by atoms with van der Waals surface area (Å²) in [6, 6.07) is 13.2. The van der Waals surface area contributed by atoms with E-state index in [1.165, 1.54) is 0 Å². The van der Waals surface area contributed by atoms with Crippen LogP contribution < -0.4 is 14.8 Å². The van der Waals surface area contributed by atoms with E-state index in [-0.39, 0.29) is 6.03 Å². The minimum Gasteiger partial charge on any atom is -0.495 e. The highest BCUT2D eigenvalue weighted by Crippen LogP contribution is 2.23. The van der Waals surface area contributed by atoms with Crippen LogP contribution in [0.5, 0.6) is 11.5 Å². The predicted molar refractivity (Wildman–Crippen MR) is 96.1 cm³/mol. The van der Waals surface area contributed by atoms with Gasteiger partial charge in [-0.1, -0.05) is 18.2 Å². The first-order valence-electron chi connectivity index (χ1n) is 7.86. The van der Waals surface area contributed by atoms with Gasteiger partial charge in [-0.25, -0.2) is 4.79 Å². The molecule has 0 spiro atoms. The minimum absolute atomic E-state index is 0.205. The Morgan fingerprint density at radius 2 is 1.79 bits per heavy atom. The molecule has 1 N–H and O–H groups in total. The Hall–Kier alpha value is -2.69. The van der Waals surface area contributed by atoms with E-state index in [0.29, 0.717) is 24.6 Å². The summed E-state index contributed by atoms with van der Waals surface area (Å²) in [7, 11) is 3.31. The Labute approximate surface area is 143 Å². The van der Waals surface area contributed by atoms with E-state index in [1.807, 2.05) is 38.1 Å². The summed E-state index contributed by atoms with van der Waals surface area (Å²) in [6.45, 7) is 4.98. The van der Waals surface area contributed by atoms with Crippen molar-refractivity contribution in [1.82, 2.24) is 4.90 Å². The zero-order valence-electron chi connectivity index (χ0n) is 14.6. The summed E-state index contributed by atoms with van der Waals surface area (Å²) in [5.41, 5.74) is 2.96. The fourth-order valence-electron chi connectivity index (χ4n) is 2.38. The van der Waals surface area contributed by atoms with Gasteiger partial charge >= 0.3 is 6.03 Å². The maximum absolute atomic E-state index is 12.2. The van der Waals surface area contributed by atoms with Crippen LogP contribution in [-0.4, -0.2) is 38.2 Å². The molecule has 24 heavy (non-hydrogen) atoms. The predicted octanol–water partition coefficient (Wildman–Crippen LogP) is 3.85. The second kappa shape index (κ2) is 8.24. The van der Waals surface area contributed by atoms with Crippen LogP contribution in [0.2, 0.25) is 0 Å². The number of nitrogens with one attached hydrogen (secondary N) is 1. The van der Waals surface area contributed by atoms with Crippen molar-refractivity contribution in [2.45, 2.75) is 13.8 Å². The molecule has 0 aliphatic heterocycles. The third kappa shape index (κ3) is 4.91. The van der Waals surface area contributed by atoms with Gasteiger partial charge in [0.1, 0.15) is 18.1 Å². The quantitative estimate of drug-likeness (QED) is 0.876. The van der Waals surface area contributed by atoms with Crippen molar-refractivity contribution in [2.75, 3.05) is 32.6 Å². The van der Waals surface area contributed by atoms with Gasteiger partial charge in [0.2, 0.25) is 0 Å². The average Bonchev–Trinajstić information content (AvgIpc) is 2.54. The number of anilines is 1. The van der Waals surface area contributed by atoms with Gasteiger partial charge in [0, 0.05) is 7.05 Å². The van der Waals surface area contributed by atoms with E-state index in [4.69, 9.17) is 9.47 Å². The first-order chi connectivity index (χ1) is 11.5. The van der Waals surface area contributed by atoms with Gasteiger partial charge in [-0.15, -0.1) is 0 Å². The van der Waals surface area contributed by atoms with Crippen LogP contribution in [0, 0.1) is 13.8 Å². The summed E-state index contributed by atoms with van der Waals surface area (Å²) in [5, 5.41) is 2.83. The van der Waals surface area contributed by atoms with E-state index < -0.39 is 0 Å². The molecule has 2 aromatic carbocycles. The number of hydrogen-bond acceptors (Lipinski definition) is 3. The number of para-hydroxylation sites is 2. The van der Waals surface area contributed by atoms with E-state index in [0.717, 1.165) is 16.9 Å². The highest BCUT2D eigenvalue weighted by Gasteiger charge is 2.11. The van der Waals surface area contributed by atoms with Gasteiger partial charge in [-0.05, 0) is 49.2 Å². The molecule has 5 heteroatoms. The van der Waals surface area contributed by atoms with Crippen LogP contribution in [0.25, 0.3) is 0 Å². The molecular weight excluding hydrogens is 304 g/mol. The van der Waals surface area contributed by atoms with Gasteiger partial charge in [0.15, 0.2) is 0 Å². The van der Waals surface area contributed by atoms with E-state index in [9.17, 15) is 4.79 Å². The smallest absolute Gasteiger partial charge is 0.321 e. The van der Waals surface area contributed by atoms with Gasteiger partial charge < -0.3 is 19.7 Å². The Morgan fingerprint density at radius 3 is 2.46 bits per heavy atom. The molecule has 0 radical (unpaired) electrons. The molecule has 0 atom stereocenters. The molecule has 0 unspecified atom stereocenters. The van der Waals surface area contributed by atoms with Gasteiger partial charge in [-0.2, -0.15) is 0 Å². The van der Waals surface area contributed by atoms with Gasteiger partial charge in [-0.3, -0.25) is 0 Å². The van der Waals surface area contributed by atoms with E-state index in [1.54, 1.807) is 31.2 Å². The van der Waals surface area contributed by atoms with Crippen molar-refractivity contribution in [3.8, 4) is 11.5 Å². The topological polar surface area (TPSA) is 50.8 Å². The SMILES string of the molecule is COc1ccccc1NC(=O)N(C)CCOc1cc(C)cc(C)c1. The van der Waals surface area contributed by atoms with Crippen LogP contribution in [0.3, 0.4) is 0 Å². The molecule has 0 aliphatic rings. The van der Waals surface area contributed by atoms with Crippen molar-refractivity contribution < 1.29 is 14.3 Å². The lowest BCUT2D eigenvalue weighted by molar-refractivity contribution is 0.207. The number of carbonyl (C=O) groups excluding carboxylic acids is 1. The molecule has 5 nitrogen and oxygen atoms in total. The number of carbonyl (C=O) groups is 1. The van der Waals surface area contributed by atoms with Crippen molar-refractivity contribution in [1.29, 1.82) is 0 Å². The van der Waals surface area contributed by atoms with Crippen molar-refractivity contribution in [3.63, 3.8) is 0 Å². The first-order valence-corrected chi connectivity index (χ1v) is 7.86. The maximum atomic E-state index is 12.2. The number of nitrogens with zero attached hydrogens (tertiary/aromatic N) is 1. The number of ether oxygens (including phenoxy) is 2. The zero-order chi connectivity index (χ0) is 17.5. The lowest BCUT2D eigenvalue weighted by atomic mass is 10.1. The molecule has 0 saturated heterocycles. The number of urea groups is 1. The lowest BCUT2D eigenvalue weighted by Gasteiger charge is -2.19. The van der Waals surface area contributed by atoms with Crippen LogP contribution in [-0.2, 0) is 0 Å². The number of likely N-dealkylation sites (N-methyl/N-ethyl adjacent to an activating group) is 1. The summed E-state index contributed by atoms with van der Waals surface area (Å²) in [6.07, 6.45) is 0. The molecule has 2 rings (SSSR count). The fraction of sp³-hybridized carbons (Fsp3) is 0.316. The van der Waals surface area contributed by atoms with E-state index >= 15 is 0 Å². The number of amides is 2. The monoisotopic (exact) mass is 328 g/mol. The van der Waals surface area contributed by atoms with Crippen molar-refractivity contribution in [3.05, 3.63) is 53.6 Å². The molecular formula is C19H24N2O3. The summed E-state index contributed by atoms with van der Waals surface area (Å²) in [4.78, 5) is 13.8. The molecule has 0 bridgehead atoms. The Morgan fingerprint density at radius 1 is 1.12 bits per heavy atom. The van der Waals surface area contributed by atoms with Crippen LogP contribution >= 0.6 is 0 Å². The highest BCUT2D eigenvalue weighted by atomic mass is 16.5. The number of aryl methyl sites for hydroxylation is 2. The van der Waals surface area contributed by atoms with Crippen molar-refractivity contribution in [2.24, 2.45) is 0 Å². The molecule has 2 amide bonds. The van der Waals surface area contributed by atoms with Crippen molar-refractivity contribution >= 4 is 11.7 Å². The molecule has 2 aromatic rings. The zero-order valence-corrected chi connectivity index (χ0v) is 14.6. The van der Waals surface area contributed by atoms with Crippen LogP contribution in [0.1, 0.15) is 11.1 Å². The number of rotatable bonds is 6. The first kappa shape index (κ1) is 17.7. The molecule has 128 valence electrons. The Kier molecular flexibility index (Phi) is 6.07. The molecule has 0 fully saturated rings. The second-order valence-electron chi connectivity index (χ2n) is 5.72. The maximum Gasteiger partial charge on any atom is 0.321 e. The minimum atomic E-state index is -0.205. The molecule has 0 saturated carbocycles. The molecule has 0 aliphatic carbocycles. The summed E-state index contributed by atoms with van der Waals surface area (Å²) in [5.74, 6) is 1.46. The number of methoxy groups -OCH3 is 1. The standard InChI is InChI=1S/C19H24N2O3/c1-14-11-15(2)13-16(12-14)24-10-9-21(3)19(22)20-17-7-5-6-8-18(17)23-4/h5-8,11-13H,9-10H2,1-4H3,(H,20,22). The Balaban J connectivity index is 1.85. The van der Waals surface area contributed by atoms with Gasteiger partial charge in [0.05, 0.1) is 19.3 Å². The lowest BCUT2D eigenvalue weighted by Crippen LogP contribution is -2.34. The molecule has 0 aromatic heterocycles. The normalized spacial score (nSPS) is 10.2.